The minimum absolute atomic E-state index is 0.0279. The van der Waals surface area contributed by atoms with Gasteiger partial charge in [-0.25, -0.2) is 4.98 Å². The summed E-state index contributed by atoms with van der Waals surface area (Å²) in [5.74, 6) is 1.10. The lowest BCUT2D eigenvalue weighted by molar-refractivity contribution is -0.384. The molecule has 1 aromatic heterocycles. The van der Waals surface area contributed by atoms with E-state index in [2.05, 4.69) is 9.97 Å². The highest BCUT2D eigenvalue weighted by Crippen LogP contribution is 2.34. The van der Waals surface area contributed by atoms with E-state index in [1.807, 2.05) is 29.2 Å². The molecule has 1 aliphatic heterocycles. The summed E-state index contributed by atoms with van der Waals surface area (Å²) in [7, 11) is 0. The van der Waals surface area contributed by atoms with Gasteiger partial charge in [0.05, 0.1) is 16.0 Å². The second-order valence-electron chi connectivity index (χ2n) is 6.55. The third-order valence-electron chi connectivity index (χ3n) is 4.89. The Morgan fingerprint density at radius 1 is 1.27 bits per heavy atom. The van der Waals surface area contributed by atoms with E-state index in [1.54, 1.807) is 12.1 Å². The van der Waals surface area contributed by atoms with Gasteiger partial charge in [-0.15, -0.1) is 0 Å². The molecule has 0 saturated carbocycles. The number of imidazole rings is 1. The molecule has 1 saturated heterocycles. The Bertz CT molecular complexity index is 949. The minimum atomic E-state index is -0.423. The zero-order valence-electron chi connectivity index (χ0n) is 14.1. The SMILES string of the molecule is O=Cc1ccc(N2CCC[C@H](c3nc4ccccc4[nH]3)C2)c([N+](=O)[O-])c1. The van der Waals surface area contributed by atoms with Crippen molar-refractivity contribution in [3.05, 3.63) is 64.0 Å². The van der Waals surface area contributed by atoms with Crippen LogP contribution in [0.5, 0.6) is 0 Å². The first-order valence-corrected chi connectivity index (χ1v) is 8.59. The highest BCUT2D eigenvalue weighted by molar-refractivity contribution is 5.80. The third kappa shape index (κ3) is 2.92. The largest absolute Gasteiger partial charge is 0.365 e. The lowest BCUT2D eigenvalue weighted by Gasteiger charge is -2.33. The highest BCUT2D eigenvalue weighted by Gasteiger charge is 2.28. The fourth-order valence-corrected chi connectivity index (χ4v) is 3.61. The molecule has 0 radical (unpaired) electrons. The van der Waals surface area contributed by atoms with Crippen LogP contribution in [0.4, 0.5) is 11.4 Å². The van der Waals surface area contributed by atoms with Crippen LogP contribution in [-0.2, 0) is 0 Å². The Labute approximate surface area is 149 Å². The van der Waals surface area contributed by atoms with Crippen molar-refractivity contribution in [2.24, 2.45) is 0 Å². The molecule has 0 aliphatic carbocycles. The maximum Gasteiger partial charge on any atom is 0.293 e. The van der Waals surface area contributed by atoms with E-state index >= 15 is 0 Å². The standard InChI is InChI=1S/C19H18N4O3/c24-12-13-7-8-17(18(10-13)23(25)26)22-9-3-4-14(11-22)19-20-15-5-1-2-6-16(15)21-19/h1-2,5-8,10,12,14H,3-4,9,11H2,(H,20,21)/t14-/m0/s1. The molecule has 132 valence electrons. The molecule has 26 heavy (non-hydrogen) atoms. The molecule has 1 atom stereocenters. The maximum atomic E-state index is 11.4. The van der Waals surface area contributed by atoms with Crippen LogP contribution < -0.4 is 4.90 Å². The fraction of sp³-hybridized carbons (Fsp3) is 0.263. The molecule has 0 bridgehead atoms. The Kier molecular flexibility index (Phi) is 4.12. The topological polar surface area (TPSA) is 92.1 Å². The van der Waals surface area contributed by atoms with Crippen molar-refractivity contribution in [2.75, 3.05) is 18.0 Å². The number of hydrogen-bond donors (Lipinski definition) is 1. The lowest BCUT2D eigenvalue weighted by atomic mass is 9.96. The molecular formula is C19H18N4O3. The number of nitro benzene ring substituents is 1. The first-order chi connectivity index (χ1) is 12.7. The van der Waals surface area contributed by atoms with Crippen molar-refractivity contribution in [1.29, 1.82) is 0 Å². The van der Waals surface area contributed by atoms with Gasteiger partial charge in [-0.3, -0.25) is 14.9 Å². The summed E-state index contributed by atoms with van der Waals surface area (Å²) < 4.78 is 0. The van der Waals surface area contributed by atoms with E-state index in [9.17, 15) is 14.9 Å². The van der Waals surface area contributed by atoms with E-state index in [4.69, 9.17) is 0 Å². The van der Waals surface area contributed by atoms with E-state index in [1.165, 1.54) is 6.07 Å². The number of aldehydes is 1. The maximum absolute atomic E-state index is 11.4. The molecule has 0 unspecified atom stereocenters. The van der Waals surface area contributed by atoms with Crippen LogP contribution >= 0.6 is 0 Å². The number of benzene rings is 2. The predicted molar refractivity (Wildman–Crippen MR) is 98.8 cm³/mol. The smallest absolute Gasteiger partial charge is 0.293 e. The molecule has 4 rings (SSSR count). The first kappa shape index (κ1) is 16.3. The van der Waals surface area contributed by atoms with Gasteiger partial charge in [0.2, 0.25) is 0 Å². The van der Waals surface area contributed by atoms with E-state index < -0.39 is 4.92 Å². The van der Waals surface area contributed by atoms with Gasteiger partial charge in [0.25, 0.3) is 5.69 Å². The third-order valence-corrected chi connectivity index (χ3v) is 4.89. The van der Waals surface area contributed by atoms with Crippen molar-refractivity contribution in [1.82, 2.24) is 9.97 Å². The van der Waals surface area contributed by atoms with E-state index in [-0.39, 0.29) is 11.6 Å². The average molecular weight is 350 g/mol. The zero-order chi connectivity index (χ0) is 18.1. The van der Waals surface area contributed by atoms with Crippen molar-refractivity contribution < 1.29 is 9.72 Å². The van der Waals surface area contributed by atoms with Crippen LogP contribution in [0.1, 0.15) is 34.9 Å². The summed E-state index contributed by atoms with van der Waals surface area (Å²) in [5.41, 5.74) is 2.77. The number of nitrogens with zero attached hydrogens (tertiary/aromatic N) is 3. The second-order valence-corrected chi connectivity index (χ2v) is 6.55. The number of H-pyrrole nitrogens is 1. The molecule has 1 aliphatic rings. The number of carbonyl (C=O) groups is 1. The number of nitro groups is 1. The van der Waals surface area contributed by atoms with E-state index in [0.29, 0.717) is 24.1 Å². The summed E-state index contributed by atoms with van der Waals surface area (Å²) in [6.07, 6.45) is 2.54. The van der Waals surface area contributed by atoms with Gasteiger partial charge >= 0.3 is 0 Å². The number of carbonyl (C=O) groups excluding carboxylic acids is 1. The molecule has 7 nitrogen and oxygen atoms in total. The molecule has 2 heterocycles. The summed E-state index contributed by atoms with van der Waals surface area (Å²) >= 11 is 0. The van der Waals surface area contributed by atoms with Crippen molar-refractivity contribution in [3.8, 4) is 0 Å². The van der Waals surface area contributed by atoms with Gasteiger partial charge in [-0.1, -0.05) is 12.1 Å². The lowest BCUT2D eigenvalue weighted by Crippen LogP contribution is -2.35. The normalized spacial score (nSPS) is 17.4. The van der Waals surface area contributed by atoms with Gasteiger partial charge in [-0.05, 0) is 37.1 Å². The number of para-hydroxylation sites is 2. The van der Waals surface area contributed by atoms with Gasteiger partial charge in [-0.2, -0.15) is 0 Å². The van der Waals surface area contributed by atoms with Crippen LogP contribution in [0.25, 0.3) is 11.0 Å². The quantitative estimate of drug-likeness (QED) is 0.440. The number of hydrogen-bond acceptors (Lipinski definition) is 5. The van der Waals surface area contributed by atoms with Crippen LogP contribution in [0.15, 0.2) is 42.5 Å². The fourth-order valence-electron chi connectivity index (χ4n) is 3.61. The highest BCUT2D eigenvalue weighted by atomic mass is 16.6. The van der Waals surface area contributed by atoms with Crippen LogP contribution in [0, 0.1) is 10.1 Å². The molecule has 0 amide bonds. The van der Waals surface area contributed by atoms with Crippen LogP contribution in [-0.4, -0.2) is 34.3 Å². The number of anilines is 1. The Morgan fingerprint density at radius 2 is 2.12 bits per heavy atom. The number of piperidine rings is 1. The van der Waals surface area contributed by atoms with E-state index in [0.717, 1.165) is 36.2 Å². The van der Waals surface area contributed by atoms with Crippen molar-refractivity contribution in [3.63, 3.8) is 0 Å². The second kappa shape index (κ2) is 6.59. The summed E-state index contributed by atoms with van der Waals surface area (Å²) in [4.78, 5) is 32.0. The first-order valence-electron chi connectivity index (χ1n) is 8.59. The average Bonchev–Trinajstić information content (AvgIpc) is 3.12. The predicted octanol–water partition coefficient (Wildman–Crippen LogP) is 3.67. The monoisotopic (exact) mass is 350 g/mol. The Morgan fingerprint density at radius 3 is 2.88 bits per heavy atom. The number of rotatable bonds is 4. The summed E-state index contributed by atoms with van der Waals surface area (Å²) in [5, 5.41) is 11.4. The van der Waals surface area contributed by atoms with Crippen LogP contribution in [0.3, 0.4) is 0 Å². The van der Waals surface area contributed by atoms with Gasteiger partial charge < -0.3 is 9.88 Å². The molecule has 2 aromatic carbocycles. The van der Waals surface area contributed by atoms with Crippen molar-refractivity contribution in [2.45, 2.75) is 18.8 Å². The molecule has 3 aromatic rings. The molecule has 0 spiro atoms. The Hall–Kier alpha value is -3.22. The number of aromatic nitrogens is 2. The molecule has 7 heteroatoms. The minimum Gasteiger partial charge on any atom is -0.365 e. The molecular weight excluding hydrogens is 332 g/mol. The summed E-state index contributed by atoms with van der Waals surface area (Å²) in [6.45, 7) is 1.40. The number of fused-ring (bicyclic) bond motifs is 1. The number of aromatic amines is 1. The zero-order valence-corrected chi connectivity index (χ0v) is 14.1. The van der Waals surface area contributed by atoms with Gasteiger partial charge in [0, 0.05) is 30.6 Å². The molecule has 1 fully saturated rings. The summed E-state index contributed by atoms with van der Waals surface area (Å²) in [6, 6.07) is 12.5. The van der Waals surface area contributed by atoms with Crippen LogP contribution in [0.2, 0.25) is 0 Å². The molecule has 1 N–H and O–H groups in total. The number of nitrogens with one attached hydrogen (secondary N) is 1. The van der Waals surface area contributed by atoms with Gasteiger partial charge in [0.1, 0.15) is 17.8 Å². The van der Waals surface area contributed by atoms with Gasteiger partial charge in [0.15, 0.2) is 0 Å². The van der Waals surface area contributed by atoms with Crippen molar-refractivity contribution >= 4 is 28.7 Å². The Balaban J connectivity index is 1.64.